The lowest BCUT2D eigenvalue weighted by Crippen LogP contribution is -2.45. The molecule has 0 radical (unpaired) electrons. The van der Waals surface area contributed by atoms with Crippen LogP contribution in [0.2, 0.25) is 0 Å². The molecule has 8 heteroatoms. The van der Waals surface area contributed by atoms with Crippen LogP contribution < -0.4 is 14.4 Å². The molecule has 2 aliphatic rings. The number of thiazole rings is 1. The highest BCUT2D eigenvalue weighted by molar-refractivity contribution is 7.90. The van der Waals surface area contributed by atoms with Crippen molar-refractivity contribution in [3.63, 3.8) is 0 Å². The van der Waals surface area contributed by atoms with E-state index in [9.17, 15) is 8.42 Å². The van der Waals surface area contributed by atoms with E-state index in [0.29, 0.717) is 0 Å². The SMILES string of the molecule is COc1cccc2sc(N3CCC(NS(=O)(=O)C4CC4)CC3)nc12. The summed E-state index contributed by atoms with van der Waals surface area (Å²) in [7, 11) is -1.44. The molecule has 1 aliphatic carbocycles. The second kappa shape index (κ2) is 6.16. The van der Waals surface area contributed by atoms with E-state index in [1.54, 1.807) is 18.4 Å². The molecule has 0 atom stereocenters. The Morgan fingerprint density at radius 2 is 2.00 bits per heavy atom. The van der Waals surface area contributed by atoms with Gasteiger partial charge in [-0.1, -0.05) is 17.4 Å². The summed E-state index contributed by atoms with van der Waals surface area (Å²) < 4.78 is 33.5. The lowest BCUT2D eigenvalue weighted by atomic mass is 10.1. The summed E-state index contributed by atoms with van der Waals surface area (Å²) in [6.07, 6.45) is 3.25. The summed E-state index contributed by atoms with van der Waals surface area (Å²) in [5.41, 5.74) is 0.900. The number of sulfonamides is 1. The monoisotopic (exact) mass is 367 g/mol. The summed E-state index contributed by atoms with van der Waals surface area (Å²) in [4.78, 5) is 6.97. The van der Waals surface area contributed by atoms with Crippen LogP contribution in [0.5, 0.6) is 5.75 Å². The maximum absolute atomic E-state index is 12.1. The third-order valence-electron chi connectivity index (χ3n) is 4.65. The molecule has 0 spiro atoms. The Labute approximate surface area is 145 Å². The number of methoxy groups -OCH3 is 1. The van der Waals surface area contributed by atoms with Gasteiger partial charge in [0.1, 0.15) is 11.3 Å². The lowest BCUT2D eigenvalue weighted by molar-refractivity contribution is 0.419. The van der Waals surface area contributed by atoms with E-state index in [0.717, 1.165) is 59.9 Å². The first kappa shape index (κ1) is 16.1. The molecule has 24 heavy (non-hydrogen) atoms. The summed E-state index contributed by atoms with van der Waals surface area (Å²) in [5, 5.41) is 0.838. The van der Waals surface area contributed by atoms with Crippen molar-refractivity contribution in [3.05, 3.63) is 18.2 Å². The van der Waals surface area contributed by atoms with Crippen LogP contribution in [0.4, 0.5) is 5.13 Å². The molecule has 6 nitrogen and oxygen atoms in total. The van der Waals surface area contributed by atoms with Crippen LogP contribution in [0.15, 0.2) is 18.2 Å². The molecule has 1 aliphatic heterocycles. The van der Waals surface area contributed by atoms with Gasteiger partial charge in [-0.3, -0.25) is 0 Å². The highest BCUT2D eigenvalue weighted by Crippen LogP contribution is 2.35. The van der Waals surface area contributed by atoms with E-state index in [1.807, 2.05) is 12.1 Å². The van der Waals surface area contributed by atoms with Crippen molar-refractivity contribution in [2.45, 2.75) is 37.0 Å². The first-order chi connectivity index (χ1) is 11.6. The van der Waals surface area contributed by atoms with E-state index < -0.39 is 10.0 Å². The summed E-state index contributed by atoms with van der Waals surface area (Å²) >= 11 is 1.66. The first-order valence-corrected chi connectivity index (χ1v) is 10.6. The molecule has 1 saturated heterocycles. The molecule has 0 amide bonds. The average Bonchev–Trinajstić information content (AvgIpc) is 3.35. The van der Waals surface area contributed by atoms with Crippen molar-refractivity contribution >= 4 is 36.7 Å². The standard InChI is InChI=1S/C16H21N3O3S2/c1-22-13-3-2-4-14-15(13)17-16(23-14)19-9-7-11(8-10-19)18-24(20,21)12-5-6-12/h2-4,11-12,18H,5-10H2,1H3. The van der Waals surface area contributed by atoms with Gasteiger partial charge in [-0.05, 0) is 37.8 Å². The van der Waals surface area contributed by atoms with Crippen molar-refractivity contribution in [1.82, 2.24) is 9.71 Å². The normalized spacial score (nSPS) is 19.8. The molecule has 1 saturated carbocycles. The number of anilines is 1. The number of fused-ring (bicyclic) bond motifs is 1. The van der Waals surface area contributed by atoms with E-state index in [2.05, 4.69) is 15.7 Å². The van der Waals surface area contributed by atoms with Gasteiger partial charge in [0.2, 0.25) is 10.0 Å². The second-order valence-corrected chi connectivity index (χ2v) is 9.43. The first-order valence-electron chi connectivity index (χ1n) is 8.26. The van der Waals surface area contributed by atoms with E-state index >= 15 is 0 Å². The van der Waals surface area contributed by atoms with Crippen LogP contribution in [0.3, 0.4) is 0 Å². The number of rotatable bonds is 5. The average molecular weight is 367 g/mol. The van der Waals surface area contributed by atoms with Gasteiger partial charge >= 0.3 is 0 Å². The Hall–Kier alpha value is -1.38. The number of hydrogen-bond acceptors (Lipinski definition) is 6. The van der Waals surface area contributed by atoms with Crippen LogP contribution in [0.1, 0.15) is 25.7 Å². The van der Waals surface area contributed by atoms with Gasteiger partial charge in [-0.25, -0.2) is 18.1 Å². The molecule has 0 bridgehead atoms. The molecular weight excluding hydrogens is 346 g/mol. The van der Waals surface area contributed by atoms with Crippen LogP contribution >= 0.6 is 11.3 Å². The van der Waals surface area contributed by atoms with Gasteiger partial charge < -0.3 is 9.64 Å². The fourth-order valence-corrected chi connectivity index (χ4v) is 5.79. The molecule has 1 aromatic heterocycles. The van der Waals surface area contributed by atoms with Gasteiger partial charge in [-0.2, -0.15) is 0 Å². The van der Waals surface area contributed by atoms with E-state index in [-0.39, 0.29) is 11.3 Å². The fourth-order valence-electron chi connectivity index (χ4n) is 3.11. The highest BCUT2D eigenvalue weighted by atomic mass is 32.2. The second-order valence-electron chi connectivity index (χ2n) is 6.43. The minimum atomic E-state index is -3.10. The molecule has 2 fully saturated rings. The molecular formula is C16H21N3O3S2. The third-order valence-corrected chi connectivity index (χ3v) is 7.74. The van der Waals surface area contributed by atoms with Crippen molar-refractivity contribution in [2.75, 3.05) is 25.1 Å². The maximum atomic E-state index is 12.1. The van der Waals surface area contributed by atoms with Crippen LogP contribution in [0, 0.1) is 0 Å². The zero-order valence-electron chi connectivity index (χ0n) is 13.6. The van der Waals surface area contributed by atoms with E-state index in [1.165, 1.54) is 0 Å². The molecule has 0 unspecified atom stereocenters. The Morgan fingerprint density at radius 1 is 1.25 bits per heavy atom. The molecule has 4 rings (SSSR count). The Morgan fingerprint density at radius 3 is 2.67 bits per heavy atom. The third kappa shape index (κ3) is 3.10. The number of nitrogens with zero attached hydrogens (tertiary/aromatic N) is 2. The quantitative estimate of drug-likeness (QED) is 0.878. The fraction of sp³-hybridized carbons (Fsp3) is 0.562. The van der Waals surface area contributed by atoms with Gasteiger partial charge in [-0.15, -0.1) is 0 Å². The summed E-state index contributed by atoms with van der Waals surface area (Å²) in [5.74, 6) is 0.794. The minimum Gasteiger partial charge on any atom is -0.494 e. The number of benzene rings is 1. The van der Waals surface area contributed by atoms with Gasteiger partial charge in [0, 0.05) is 19.1 Å². The van der Waals surface area contributed by atoms with Crippen LogP contribution in [-0.2, 0) is 10.0 Å². The number of hydrogen-bond donors (Lipinski definition) is 1. The Kier molecular flexibility index (Phi) is 4.14. The number of nitrogens with one attached hydrogen (secondary N) is 1. The summed E-state index contributed by atoms with van der Waals surface area (Å²) in [6, 6.07) is 6.00. The molecule has 2 heterocycles. The van der Waals surface area contributed by atoms with Crippen LogP contribution in [-0.4, -0.2) is 44.9 Å². The van der Waals surface area contributed by atoms with Crippen molar-refractivity contribution < 1.29 is 13.2 Å². The smallest absolute Gasteiger partial charge is 0.214 e. The maximum Gasteiger partial charge on any atom is 0.214 e. The van der Waals surface area contributed by atoms with Crippen molar-refractivity contribution in [3.8, 4) is 5.75 Å². The molecule has 130 valence electrons. The predicted octanol–water partition coefficient (Wildman–Crippen LogP) is 2.36. The van der Waals surface area contributed by atoms with Crippen molar-refractivity contribution in [2.24, 2.45) is 0 Å². The molecule has 1 aromatic carbocycles. The zero-order valence-corrected chi connectivity index (χ0v) is 15.2. The molecule has 2 aromatic rings. The topological polar surface area (TPSA) is 71.5 Å². The number of para-hydroxylation sites is 1. The van der Waals surface area contributed by atoms with Gasteiger partial charge in [0.25, 0.3) is 0 Å². The Balaban J connectivity index is 1.44. The predicted molar refractivity (Wildman–Crippen MR) is 96.5 cm³/mol. The number of piperidine rings is 1. The highest BCUT2D eigenvalue weighted by Gasteiger charge is 2.37. The van der Waals surface area contributed by atoms with Gasteiger partial charge in [0.05, 0.1) is 17.1 Å². The lowest BCUT2D eigenvalue weighted by Gasteiger charge is -2.31. The molecule has 1 N–H and O–H groups in total. The Bertz CT molecular complexity index is 837. The number of ether oxygens (including phenoxy) is 1. The summed E-state index contributed by atoms with van der Waals surface area (Å²) in [6.45, 7) is 1.64. The minimum absolute atomic E-state index is 0.0516. The van der Waals surface area contributed by atoms with Crippen LogP contribution in [0.25, 0.3) is 10.2 Å². The number of aromatic nitrogens is 1. The largest absolute Gasteiger partial charge is 0.494 e. The van der Waals surface area contributed by atoms with Crippen molar-refractivity contribution in [1.29, 1.82) is 0 Å². The van der Waals surface area contributed by atoms with Gasteiger partial charge in [0.15, 0.2) is 5.13 Å². The van der Waals surface area contributed by atoms with E-state index in [4.69, 9.17) is 9.72 Å². The zero-order chi connectivity index (χ0) is 16.7.